The molecule has 1 aromatic rings. The molecule has 2 amide bonds. The molecule has 0 fully saturated rings. The highest BCUT2D eigenvalue weighted by atomic mass is 16.5. The van der Waals surface area contributed by atoms with E-state index in [0.717, 1.165) is 5.56 Å². The molecular formula is C18H24N2O8. The highest BCUT2D eigenvalue weighted by Crippen LogP contribution is 2.08. The molecule has 1 aromatic carbocycles. The Morgan fingerprint density at radius 3 is 1.86 bits per heavy atom. The normalized spacial score (nSPS) is 10.1. The van der Waals surface area contributed by atoms with Gasteiger partial charge in [-0.2, -0.15) is 0 Å². The van der Waals surface area contributed by atoms with Crippen molar-refractivity contribution in [3.63, 3.8) is 0 Å². The number of hydrogen-bond acceptors (Lipinski definition) is 8. The molecule has 0 unspecified atom stereocenters. The standard InChI is InChI=1S/C18H24N2O8/c1-13(23)19-10-14-2-4-15(5-3-14)18(26)20(6-8-27-16(24)11-21)7-9-28-17(25)12-22/h2-5,21-22H,6-12H2,1H3,(H,19,23). The number of esters is 2. The summed E-state index contributed by atoms with van der Waals surface area (Å²) in [5, 5.41) is 20.0. The first-order valence-electron chi connectivity index (χ1n) is 8.53. The van der Waals surface area contributed by atoms with Crippen LogP contribution in [0.5, 0.6) is 0 Å². The first kappa shape index (κ1) is 23.1. The molecule has 0 radical (unpaired) electrons. The van der Waals surface area contributed by atoms with E-state index in [1.54, 1.807) is 24.3 Å². The minimum Gasteiger partial charge on any atom is -0.462 e. The first-order valence-corrected chi connectivity index (χ1v) is 8.53. The number of aliphatic hydroxyl groups is 2. The third-order valence-corrected chi connectivity index (χ3v) is 3.54. The van der Waals surface area contributed by atoms with Gasteiger partial charge in [0.1, 0.15) is 26.4 Å². The molecule has 0 spiro atoms. The summed E-state index contributed by atoms with van der Waals surface area (Å²) in [6, 6.07) is 6.57. The van der Waals surface area contributed by atoms with Crippen LogP contribution in [0.3, 0.4) is 0 Å². The van der Waals surface area contributed by atoms with Crippen LogP contribution in [0.15, 0.2) is 24.3 Å². The third-order valence-electron chi connectivity index (χ3n) is 3.54. The molecule has 3 N–H and O–H groups in total. The lowest BCUT2D eigenvalue weighted by atomic mass is 10.1. The molecule has 154 valence electrons. The Morgan fingerprint density at radius 1 is 0.929 bits per heavy atom. The Balaban J connectivity index is 2.73. The summed E-state index contributed by atoms with van der Waals surface area (Å²) in [7, 11) is 0. The number of aliphatic hydroxyl groups excluding tert-OH is 2. The molecule has 1 rings (SSSR count). The summed E-state index contributed by atoms with van der Waals surface area (Å²) in [6.07, 6.45) is 0. The van der Waals surface area contributed by atoms with Gasteiger partial charge in [0.05, 0.1) is 13.1 Å². The molecule has 0 aromatic heterocycles. The van der Waals surface area contributed by atoms with Crippen LogP contribution < -0.4 is 5.32 Å². The maximum Gasteiger partial charge on any atom is 0.331 e. The van der Waals surface area contributed by atoms with E-state index in [1.807, 2.05) is 0 Å². The molecule has 0 atom stereocenters. The van der Waals surface area contributed by atoms with Crippen molar-refractivity contribution in [3.05, 3.63) is 35.4 Å². The van der Waals surface area contributed by atoms with Crippen LogP contribution in [0.25, 0.3) is 0 Å². The second-order valence-corrected chi connectivity index (χ2v) is 5.66. The Hall–Kier alpha value is -2.98. The fourth-order valence-corrected chi connectivity index (χ4v) is 2.12. The van der Waals surface area contributed by atoms with Gasteiger partial charge in [0.2, 0.25) is 5.91 Å². The van der Waals surface area contributed by atoms with Crippen molar-refractivity contribution < 1.29 is 38.9 Å². The zero-order chi connectivity index (χ0) is 20.9. The molecule has 28 heavy (non-hydrogen) atoms. The van der Waals surface area contributed by atoms with Gasteiger partial charge in [-0.1, -0.05) is 12.1 Å². The van der Waals surface area contributed by atoms with Crippen molar-refractivity contribution >= 4 is 23.8 Å². The van der Waals surface area contributed by atoms with Crippen molar-refractivity contribution in [3.8, 4) is 0 Å². The number of hydrogen-bond donors (Lipinski definition) is 3. The minimum absolute atomic E-state index is 0.0227. The largest absolute Gasteiger partial charge is 0.462 e. The average molecular weight is 396 g/mol. The van der Waals surface area contributed by atoms with E-state index in [9.17, 15) is 19.2 Å². The summed E-state index contributed by atoms with van der Waals surface area (Å²) < 4.78 is 9.52. The number of amides is 2. The Bertz CT molecular complexity index is 653. The number of nitrogens with zero attached hydrogens (tertiary/aromatic N) is 1. The summed E-state index contributed by atoms with van der Waals surface area (Å²) in [5.74, 6) is -2.18. The lowest BCUT2D eigenvalue weighted by molar-refractivity contribution is -0.147. The molecule has 0 aliphatic carbocycles. The molecular weight excluding hydrogens is 372 g/mol. The first-order chi connectivity index (χ1) is 13.4. The molecule has 10 heteroatoms. The van der Waals surface area contributed by atoms with Gasteiger partial charge in [0.15, 0.2) is 0 Å². The lowest BCUT2D eigenvalue weighted by Crippen LogP contribution is -2.37. The number of rotatable bonds is 11. The molecule has 0 aliphatic rings. The van der Waals surface area contributed by atoms with E-state index in [4.69, 9.17) is 19.7 Å². The number of carbonyl (C=O) groups is 4. The second kappa shape index (κ2) is 12.4. The van der Waals surface area contributed by atoms with Crippen LogP contribution in [0.1, 0.15) is 22.8 Å². The van der Waals surface area contributed by atoms with Gasteiger partial charge in [0, 0.05) is 19.0 Å². The van der Waals surface area contributed by atoms with E-state index < -0.39 is 25.2 Å². The topological polar surface area (TPSA) is 142 Å². The Kier molecular flexibility index (Phi) is 10.2. The zero-order valence-corrected chi connectivity index (χ0v) is 15.6. The van der Waals surface area contributed by atoms with E-state index in [-0.39, 0.29) is 38.1 Å². The number of benzene rings is 1. The van der Waals surface area contributed by atoms with Crippen LogP contribution >= 0.6 is 0 Å². The van der Waals surface area contributed by atoms with Crippen molar-refractivity contribution in [1.29, 1.82) is 0 Å². The van der Waals surface area contributed by atoms with Gasteiger partial charge in [-0.25, -0.2) is 9.59 Å². The van der Waals surface area contributed by atoms with Crippen LogP contribution in [0.4, 0.5) is 0 Å². The van der Waals surface area contributed by atoms with Crippen molar-refractivity contribution in [2.75, 3.05) is 39.5 Å². The Morgan fingerprint density at radius 2 is 1.43 bits per heavy atom. The van der Waals surface area contributed by atoms with Gasteiger partial charge in [-0.05, 0) is 17.7 Å². The molecule has 0 saturated carbocycles. The number of nitrogens with one attached hydrogen (secondary N) is 1. The SMILES string of the molecule is CC(=O)NCc1ccc(C(=O)N(CCOC(=O)CO)CCOC(=O)CO)cc1. The summed E-state index contributed by atoms with van der Waals surface area (Å²) >= 11 is 0. The molecule has 0 aliphatic heterocycles. The minimum atomic E-state index is -0.818. The monoisotopic (exact) mass is 396 g/mol. The van der Waals surface area contributed by atoms with E-state index in [2.05, 4.69) is 5.32 Å². The van der Waals surface area contributed by atoms with Crippen molar-refractivity contribution in [2.45, 2.75) is 13.5 Å². The van der Waals surface area contributed by atoms with E-state index in [0.29, 0.717) is 12.1 Å². The third kappa shape index (κ3) is 8.60. The fourth-order valence-electron chi connectivity index (χ4n) is 2.12. The van der Waals surface area contributed by atoms with Gasteiger partial charge in [-0.3, -0.25) is 9.59 Å². The maximum atomic E-state index is 12.7. The summed E-state index contributed by atoms with van der Waals surface area (Å²) in [5.41, 5.74) is 1.17. The highest BCUT2D eigenvalue weighted by Gasteiger charge is 2.17. The van der Waals surface area contributed by atoms with Crippen LogP contribution in [0.2, 0.25) is 0 Å². The zero-order valence-electron chi connectivity index (χ0n) is 15.6. The summed E-state index contributed by atoms with van der Waals surface area (Å²) in [6.45, 7) is -0.0243. The molecule has 10 nitrogen and oxygen atoms in total. The molecule has 0 saturated heterocycles. The van der Waals surface area contributed by atoms with Crippen LogP contribution in [-0.4, -0.2) is 78.4 Å². The lowest BCUT2D eigenvalue weighted by Gasteiger charge is -2.22. The number of ether oxygens (including phenoxy) is 2. The van der Waals surface area contributed by atoms with Gasteiger partial charge in [0.25, 0.3) is 5.91 Å². The second-order valence-electron chi connectivity index (χ2n) is 5.66. The van der Waals surface area contributed by atoms with E-state index >= 15 is 0 Å². The maximum absolute atomic E-state index is 12.7. The predicted molar refractivity (Wildman–Crippen MR) is 96.0 cm³/mol. The highest BCUT2D eigenvalue weighted by molar-refractivity contribution is 5.94. The van der Waals surface area contributed by atoms with Crippen molar-refractivity contribution in [2.24, 2.45) is 0 Å². The summed E-state index contributed by atoms with van der Waals surface area (Å²) in [4.78, 5) is 47.0. The van der Waals surface area contributed by atoms with Gasteiger partial charge < -0.3 is 29.9 Å². The average Bonchev–Trinajstić information content (AvgIpc) is 2.70. The van der Waals surface area contributed by atoms with Gasteiger partial charge >= 0.3 is 11.9 Å². The molecule has 0 heterocycles. The van der Waals surface area contributed by atoms with Crippen molar-refractivity contribution in [1.82, 2.24) is 10.2 Å². The predicted octanol–water partition coefficient (Wildman–Crippen LogP) is -1.16. The molecule has 0 bridgehead atoms. The Labute approximate surface area is 162 Å². The fraction of sp³-hybridized carbons (Fsp3) is 0.444. The van der Waals surface area contributed by atoms with Crippen LogP contribution in [-0.2, 0) is 30.4 Å². The quantitative estimate of drug-likeness (QED) is 0.398. The van der Waals surface area contributed by atoms with E-state index in [1.165, 1.54) is 11.8 Å². The number of carbonyl (C=O) groups excluding carboxylic acids is 4. The smallest absolute Gasteiger partial charge is 0.331 e. The van der Waals surface area contributed by atoms with Gasteiger partial charge in [-0.15, -0.1) is 0 Å². The van der Waals surface area contributed by atoms with Crippen LogP contribution in [0, 0.1) is 0 Å².